The van der Waals surface area contributed by atoms with Crippen LogP contribution in [-0.2, 0) is 0 Å². The normalized spacial score (nSPS) is 13.5. The molecule has 0 spiro atoms. The van der Waals surface area contributed by atoms with E-state index in [0.717, 1.165) is 6.54 Å². The van der Waals surface area contributed by atoms with Gasteiger partial charge in [0, 0.05) is 12.2 Å². The van der Waals surface area contributed by atoms with Crippen LogP contribution < -0.4 is 5.32 Å². The fourth-order valence-corrected chi connectivity index (χ4v) is 3.41. The molecule has 0 amide bonds. The molecule has 1 aliphatic rings. The average Bonchev–Trinajstić information content (AvgIpc) is 2.56. The number of hydrogen-bond acceptors (Lipinski definition) is 1. The first-order valence-corrected chi connectivity index (χ1v) is 7.68. The molecule has 0 fully saturated rings. The van der Waals surface area contributed by atoms with E-state index in [9.17, 15) is 0 Å². The molecule has 4 aromatic carbocycles. The molecule has 1 nitrogen and oxygen atoms in total. The van der Waals surface area contributed by atoms with E-state index in [0.29, 0.717) is 0 Å². The number of nitrogens with one attached hydrogen (secondary N) is 1. The summed E-state index contributed by atoms with van der Waals surface area (Å²) in [6.07, 6.45) is 4.37. The third-order valence-electron chi connectivity index (χ3n) is 4.54. The largest absolute Gasteiger partial charge is 0.381 e. The summed E-state index contributed by atoms with van der Waals surface area (Å²) in [5.41, 5.74) is 2.51. The summed E-state index contributed by atoms with van der Waals surface area (Å²) in [6, 6.07) is 22.3. The first-order chi connectivity index (χ1) is 10.9. The van der Waals surface area contributed by atoms with Gasteiger partial charge in [0.2, 0.25) is 0 Å². The monoisotopic (exact) mass is 281 g/mol. The summed E-state index contributed by atoms with van der Waals surface area (Å²) in [4.78, 5) is 0. The van der Waals surface area contributed by atoms with Crippen molar-refractivity contribution < 1.29 is 0 Å². The van der Waals surface area contributed by atoms with Gasteiger partial charge in [-0.05, 0) is 74.3 Å². The lowest BCUT2D eigenvalue weighted by molar-refractivity contribution is 1.32. The molecule has 4 aromatic rings. The maximum Gasteiger partial charge on any atom is 0.0422 e. The Labute approximate surface area is 128 Å². The molecule has 0 aromatic heterocycles. The van der Waals surface area contributed by atoms with Crippen LogP contribution >= 0.6 is 0 Å². The molecule has 5 rings (SSSR count). The standard InChI is InChI=1S/C21H15N/c1-2-5-15-9-18-12-20-13-21-16(6-3-7-22-21)10-19(20)11-17(18)8-14(15)4-1/h1-6,8-13,22H,7H2. The molecule has 0 atom stereocenters. The van der Waals surface area contributed by atoms with Gasteiger partial charge in [-0.25, -0.2) is 0 Å². The van der Waals surface area contributed by atoms with Crippen molar-refractivity contribution in [1.29, 1.82) is 0 Å². The summed E-state index contributed by atoms with van der Waals surface area (Å²) < 4.78 is 0. The van der Waals surface area contributed by atoms with Gasteiger partial charge in [-0.3, -0.25) is 0 Å². The highest BCUT2D eigenvalue weighted by molar-refractivity contribution is 6.06. The van der Waals surface area contributed by atoms with Gasteiger partial charge >= 0.3 is 0 Å². The Morgan fingerprint density at radius 1 is 0.636 bits per heavy atom. The Hall–Kier alpha value is -2.80. The van der Waals surface area contributed by atoms with Gasteiger partial charge in [-0.2, -0.15) is 0 Å². The fourth-order valence-electron chi connectivity index (χ4n) is 3.41. The van der Waals surface area contributed by atoms with Crippen LogP contribution in [-0.4, -0.2) is 6.54 Å². The highest BCUT2D eigenvalue weighted by Gasteiger charge is 2.07. The zero-order chi connectivity index (χ0) is 14.5. The topological polar surface area (TPSA) is 12.0 Å². The van der Waals surface area contributed by atoms with Crippen molar-refractivity contribution in [3.05, 3.63) is 72.3 Å². The second kappa shape index (κ2) is 4.35. The molecule has 1 N–H and O–H groups in total. The molecule has 0 unspecified atom stereocenters. The van der Waals surface area contributed by atoms with Gasteiger partial charge in [-0.1, -0.05) is 36.4 Å². The van der Waals surface area contributed by atoms with Crippen LogP contribution in [0.15, 0.2) is 66.7 Å². The van der Waals surface area contributed by atoms with Crippen LogP contribution in [0, 0.1) is 0 Å². The molecule has 0 radical (unpaired) electrons. The minimum absolute atomic E-state index is 0.913. The summed E-state index contributed by atoms with van der Waals surface area (Å²) >= 11 is 0. The molecule has 1 aliphatic heterocycles. The Kier molecular flexibility index (Phi) is 2.33. The Balaban J connectivity index is 1.87. The van der Waals surface area contributed by atoms with E-state index in [1.54, 1.807) is 0 Å². The van der Waals surface area contributed by atoms with Crippen molar-refractivity contribution >= 4 is 44.1 Å². The van der Waals surface area contributed by atoms with E-state index in [-0.39, 0.29) is 0 Å². The first-order valence-electron chi connectivity index (χ1n) is 7.68. The third-order valence-corrected chi connectivity index (χ3v) is 4.54. The van der Waals surface area contributed by atoms with Crippen LogP contribution in [0.3, 0.4) is 0 Å². The van der Waals surface area contributed by atoms with E-state index < -0.39 is 0 Å². The summed E-state index contributed by atoms with van der Waals surface area (Å²) in [6.45, 7) is 0.913. The maximum atomic E-state index is 3.45. The van der Waals surface area contributed by atoms with Crippen LogP contribution in [0.5, 0.6) is 0 Å². The highest BCUT2D eigenvalue weighted by Crippen LogP contribution is 2.32. The number of rotatable bonds is 0. The van der Waals surface area contributed by atoms with Crippen molar-refractivity contribution in [3.63, 3.8) is 0 Å². The number of anilines is 1. The summed E-state index contributed by atoms with van der Waals surface area (Å²) in [5.74, 6) is 0. The Morgan fingerprint density at radius 3 is 1.95 bits per heavy atom. The second-order valence-electron chi connectivity index (χ2n) is 5.97. The molecule has 0 saturated heterocycles. The molecule has 0 bridgehead atoms. The lowest BCUT2D eigenvalue weighted by Crippen LogP contribution is -2.03. The van der Waals surface area contributed by atoms with Gasteiger partial charge in [0.15, 0.2) is 0 Å². The Morgan fingerprint density at radius 2 is 1.23 bits per heavy atom. The van der Waals surface area contributed by atoms with Crippen LogP contribution in [0.2, 0.25) is 0 Å². The molecular formula is C21H15N. The van der Waals surface area contributed by atoms with Crippen LogP contribution in [0.25, 0.3) is 38.4 Å². The second-order valence-corrected chi connectivity index (χ2v) is 5.97. The van der Waals surface area contributed by atoms with Gasteiger partial charge in [0.1, 0.15) is 0 Å². The number of fused-ring (bicyclic) bond motifs is 4. The average molecular weight is 281 g/mol. The van der Waals surface area contributed by atoms with Crippen molar-refractivity contribution in [2.24, 2.45) is 0 Å². The minimum Gasteiger partial charge on any atom is -0.381 e. The van der Waals surface area contributed by atoms with E-state index in [1.807, 2.05) is 0 Å². The highest BCUT2D eigenvalue weighted by atomic mass is 14.9. The lowest BCUT2D eigenvalue weighted by atomic mass is 9.97. The lowest BCUT2D eigenvalue weighted by Gasteiger charge is -2.14. The predicted molar refractivity (Wildman–Crippen MR) is 96.5 cm³/mol. The van der Waals surface area contributed by atoms with E-state index in [4.69, 9.17) is 0 Å². The van der Waals surface area contributed by atoms with Crippen molar-refractivity contribution in [1.82, 2.24) is 0 Å². The van der Waals surface area contributed by atoms with Crippen molar-refractivity contribution in [3.8, 4) is 0 Å². The number of hydrogen-bond donors (Lipinski definition) is 1. The number of benzene rings is 4. The first kappa shape index (κ1) is 11.8. The Bertz CT molecular complexity index is 1070. The molecule has 1 heteroatoms. The predicted octanol–water partition coefficient (Wildman–Crippen LogP) is 5.58. The summed E-state index contributed by atoms with van der Waals surface area (Å²) in [5, 5.41) is 11.2. The van der Waals surface area contributed by atoms with Gasteiger partial charge < -0.3 is 5.32 Å². The smallest absolute Gasteiger partial charge is 0.0422 e. The summed E-state index contributed by atoms with van der Waals surface area (Å²) in [7, 11) is 0. The maximum absolute atomic E-state index is 3.45. The SMILES string of the molecule is C1=Cc2cc3cc4cc5ccccc5cc4cc3cc2NC1. The molecule has 0 aliphatic carbocycles. The molecule has 0 saturated carbocycles. The van der Waals surface area contributed by atoms with Crippen molar-refractivity contribution in [2.75, 3.05) is 11.9 Å². The zero-order valence-corrected chi connectivity index (χ0v) is 12.1. The van der Waals surface area contributed by atoms with Crippen molar-refractivity contribution in [2.45, 2.75) is 0 Å². The zero-order valence-electron chi connectivity index (χ0n) is 12.1. The van der Waals surface area contributed by atoms with Crippen LogP contribution in [0.4, 0.5) is 5.69 Å². The molecule has 22 heavy (non-hydrogen) atoms. The van der Waals surface area contributed by atoms with E-state index in [1.165, 1.54) is 43.6 Å². The van der Waals surface area contributed by atoms with Gasteiger partial charge in [0.05, 0.1) is 0 Å². The minimum atomic E-state index is 0.913. The van der Waals surface area contributed by atoms with E-state index >= 15 is 0 Å². The molecule has 1 heterocycles. The van der Waals surface area contributed by atoms with E-state index in [2.05, 4.69) is 78.1 Å². The molecule has 104 valence electrons. The quantitative estimate of drug-likeness (QED) is 0.415. The third kappa shape index (κ3) is 1.72. The van der Waals surface area contributed by atoms with Gasteiger partial charge in [-0.15, -0.1) is 0 Å². The van der Waals surface area contributed by atoms with Gasteiger partial charge in [0.25, 0.3) is 0 Å². The van der Waals surface area contributed by atoms with Crippen LogP contribution in [0.1, 0.15) is 5.56 Å². The fraction of sp³-hybridized carbons (Fsp3) is 0.0476. The molecular weight excluding hydrogens is 266 g/mol.